The molecule has 1 aliphatic heterocycles. The summed E-state index contributed by atoms with van der Waals surface area (Å²) >= 11 is 7.65. The first-order valence-corrected chi connectivity index (χ1v) is 9.88. The van der Waals surface area contributed by atoms with E-state index in [4.69, 9.17) is 16.6 Å². The van der Waals surface area contributed by atoms with E-state index in [1.165, 1.54) is 4.88 Å². The molecule has 8 heteroatoms. The highest BCUT2D eigenvalue weighted by molar-refractivity contribution is 7.16. The predicted octanol–water partition coefficient (Wildman–Crippen LogP) is 2.96. The van der Waals surface area contributed by atoms with Crippen molar-refractivity contribution in [1.29, 1.82) is 0 Å². The van der Waals surface area contributed by atoms with Crippen LogP contribution in [0.1, 0.15) is 29.9 Å². The van der Waals surface area contributed by atoms with Crippen molar-refractivity contribution >= 4 is 28.9 Å². The molecule has 25 heavy (non-hydrogen) atoms. The summed E-state index contributed by atoms with van der Waals surface area (Å²) in [6, 6.07) is 4.02. The van der Waals surface area contributed by atoms with Crippen LogP contribution in [0.15, 0.2) is 17.1 Å². The Morgan fingerprint density at radius 2 is 2.32 bits per heavy atom. The number of halogens is 1. The van der Waals surface area contributed by atoms with E-state index in [-0.39, 0.29) is 0 Å². The summed E-state index contributed by atoms with van der Waals surface area (Å²) in [6.07, 6.45) is 2.10. The first kappa shape index (κ1) is 18.2. The molecular formula is C17H25ClN6S. The highest BCUT2D eigenvalue weighted by Gasteiger charge is 2.21. The van der Waals surface area contributed by atoms with Gasteiger partial charge >= 0.3 is 0 Å². The van der Waals surface area contributed by atoms with Crippen LogP contribution in [0.4, 0.5) is 0 Å². The maximum absolute atomic E-state index is 6.03. The van der Waals surface area contributed by atoms with Gasteiger partial charge in [0, 0.05) is 38.0 Å². The summed E-state index contributed by atoms with van der Waals surface area (Å²) in [5, 5.41) is 11.8. The van der Waals surface area contributed by atoms with Gasteiger partial charge in [0.15, 0.2) is 5.96 Å². The Hall–Kier alpha value is -1.60. The fraction of sp³-hybridized carbons (Fsp3) is 0.588. The molecule has 1 N–H and O–H groups in total. The summed E-state index contributed by atoms with van der Waals surface area (Å²) in [5.74, 6) is 3.58. The first-order valence-electron chi connectivity index (χ1n) is 8.69. The van der Waals surface area contributed by atoms with Crippen LogP contribution in [0.2, 0.25) is 4.34 Å². The molecule has 3 heterocycles. The summed E-state index contributed by atoms with van der Waals surface area (Å²) in [7, 11) is 2.07. The number of hydrogen-bond acceptors (Lipinski definition) is 4. The summed E-state index contributed by atoms with van der Waals surface area (Å²) < 4.78 is 3.06. The van der Waals surface area contributed by atoms with E-state index >= 15 is 0 Å². The van der Waals surface area contributed by atoms with E-state index in [0.29, 0.717) is 5.92 Å². The molecule has 6 nitrogen and oxygen atoms in total. The molecule has 1 unspecified atom stereocenters. The third-order valence-corrected chi connectivity index (χ3v) is 5.66. The topological polar surface area (TPSA) is 58.3 Å². The van der Waals surface area contributed by atoms with Gasteiger partial charge < -0.3 is 14.8 Å². The molecule has 0 radical (unpaired) electrons. The molecular weight excluding hydrogens is 356 g/mol. The molecule has 0 aromatic carbocycles. The van der Waals surface area contributed by atoms with Crippen LogP contribution >= 0.6 is 22.9 Å². The van der Waals surface area contributed by atoms with Crippen LogP contribution in [0.3, 0.4) is 0 Å². The van der Waals surface area contributed by atoms with Crippen molar-refractivity contribution in [3.63, 3.8) is 0 Å². The van der Waals surface area contributed by atoms with E-state index < -0.39 is 0 Å². The van der Waals surface area contributed by atoms with Crippen molar-refractivity contribution in [2.24, 2.45) is 10.9 Å². The van der Waals surface area contributed by atoms with Crippen molar-refractivity contribution < 1.29 is 0 Å². The van der Waals surface area contributed by atoms with Crippen molar-refractivity contribution in [2.45, 2.75) is 39.8 Å². The van der Waals surface area contributed by atoms with Gasteiger partial charge in [0.1, 0.15) is 11.6 Å². The Morgan fingerprint density at radius 1 is 1.48 bits per heavy atom. The second-order valence-electron chi connectivity index (χ2n) is 6.44. The Balaban J connectivity index is 1.63. The number of hydrogen-bond donors (Lipinski definition) is 1. The summed E-state index contributed by atoms with van der Waals surface area (Å²) in [5.41, 5.74) is 0. The van der Waals surface area contributed by atoms with Crippen LogP contribution in [-0.4, -0.2) is 45.8 Å². The first-order chi connectivity index (χ1) is 12.1. The lowest BCUT2D eigenvalue weighted by Gasteiger charge is -2.25. The van der Waals surface area contributed by atoms with Crippen LogP contribution in [0, 0.1) is 12.8 Å². The number of fused-ring (bicyclic) bond motifs is 1. The van der Waals surface area contributed by atoms with Gasteiger partial charge in [-0.25, -0.2) is 0 Å². The molecule has 1 aliphatic rings. The van der Waals surface area contributed by atoms with Gasteiger partial charge in [-0.05, 0) is 38.3 Å². The third kappa shape index (κ3) is 4.52. The van der Waals surface area contributed by atoms with Gasteiger partial charge in [-0.1, -0.05) is 11.6 Å². The smallest absolute Gasteiger partial charge is 0.193 e. The molecule has 0 fully saturated rings. The molecule has 0 saturated carbocycles. The van der Waals surface area contributed by atoms with E-state index in [1.54, 1.807) is 11.3 Å². The number of guanidine groups is 1. The fourth-order valence-corrected chi connectivity index (χ4v) is 4.25. The van der Waals surface area contributed by atoms with Gasteiger partial charge in [0.2, 0.25) is 0 Å². The third-order valence-electron chi connectivity index (χ3n) is 4.45. The maximum Gasteiger partial charge on any atom is 0.193 e. The maximum atomic E-state index is 6.03. The Bertz CT molecular complexity index is 737. The van der Waals surface area contributed by atoms with Crippen molar-refractivity contribution in [3.05, 3.63) is 33.0 Å². The lowest BCUT2D eigenvalue weighted by Crippen LogP contribution is -2.39. The largest absolute Gasteiger partial charge is 0.357 e. The zero-order chi connectivity index (χ0) is 17.8. The van der Waals surface area contributed by atoms with Crippen LogP contribution in [0.5, 0.6) is 0 Å². The number of aryl methyl sites for hydroxylation is 2. The minimum Gasteiger partial charge on any atom is -0.357 e. The zero-order valence-corrected chi connectivity index (χ0v) is 16.6. The molecule has 0 amide bonds. The molecule has 0 saturated heterocycles. The number of aliphatic imine (C=N–C) groups is 1. The molecule has 2 aromatic heterocycles. The SMILES string of the molecule is CCNC(=NCC1CCc2nnc(C)n2C1)N(C)Cc1ccc(Cl)s1. The van der Waals surface area contributed by atoms with Gasteiger partial charge in [-0.15, -0.1) is 21.5 Å². The highest BCUT2D eigenvalue weighted by atomic mass is 35.5. The van der Waals surface area contributed by atoms with E-state index in [2.05, 4.69) is 45.0 Å². The number of aromatic nitrogens is 3. The molecule has 2 aromatic rings. The molecule has 1 atom stereocenters. The lowest BCUT2D eigenvalue weighted by molar-refractivity contribution is 0.367. The monoisotopic (exact) mass is 380 g/mol. The predicted molar refractivity (Wildman–Crippen MR) is 103 cm³/mol. The standard InChI is InChI=1S/C17H25ClN6S/c1-4-19-17(23(3)11-14-6-7-15(18)25-14)20-9-13-5-8-16-22-21-12(2)24(16)10-13/h6-7,13H,4-5,8-11H2,1-3H3,(H,19,20). The number of nitrogens with zero attached hydrogens (tertiary/aromatic N) is 5. The Labute approximate surface area is 157 Å². The normalized spacial score (nSPS) is 17.4. The zero-order valence-electron chi connectivity index (χ0n) is 15.0. The Kier molecular flexibility index (Phi) is 5.96. The minimum atomic E-state index is 0.528. The minimum absolute atomic E-state index is 0.528. The average molecular weight is 381 g/mol. The summed E-state index contributed by atoms with van der Waals surface area (Å²) in [4.78, 5) is 8.27. The van der Waals surface area contributed by atoms with Crippen molar-refractivity contribution in [1.82, 2.24) is 25.0 Å². The van der Waals surface area contributed by atoms with E-state index in [0.717, 1.165) is 61.0 Å². The molecule has 0 bridgehead atoms. The van der Waals surface area contributed by atoms with Gasteiger partial charge in [-0.3, -0.25) is 4.99 Å². The fourth-order valence-electron chi connectivity index (χ4n) is 3.11. The van der Waals surface area contributed by atoms with Crippen LogP contribution < -0.4 is 5.32 Å². The molecule has 0 spiro atoms. The highest BCUT2D eigenvalue weighted by Crippen LogP contribution is 2.23. The summed E-state index contributed by atoms with van der Waals surface area (Å²) in [6.45, 7) is 7.55. The van der Waals surface area contributed by atoms with E-state index in [9.17, 15) is 0 Å². The van der Waals surface area contributed by atoms with Crippen LogP contribution in [-0.2, 0) is 19.5 Å². The van der Waals surface area contributed by atoms with Gasteiger partial charge in [-0.2, -0.15) is 0 Å². The lowest BCUT2D eigenvalue weighted by atomic mass is 9.99. The number of rotatable bonds is 5. The van der Waals surface area contributed by atoms with Crippen molar-refractivity contribution in [3.8, 4) is 0 Å². The molecule has 3 rings (SSSR count). The number of nitrogens with one attached hydrogen (secondary N) is 1. The average Bonchev–Trinajstić information content (AvgIpc) is 3.17. The van der Waals surface area contributed by atoms with Gasteiger partial charge in [0.05, 0.1) is 10.9 Å². The Morgan fingerprint density at radius 3 is 3.04 bits per heavy atom. The second-order valence-corrected chi connectivity index (χ2v) is 8.23. The molecule has 0 aliphatic carbocycles. The van der Waals surface area contributed by atoms with Crippen LogP contribution in [0.25, 0.3) is 0 Å². The van der Waals surface area contributed by atoms with Crippen molar-refractivity contribution in [2.75, 3.05) is 20.1 Å². The molecule has 136 valence electrons. The number of thiophene rings is 1. The quantitative estimate of drug-likeness (QED) is 0.640. The van der Waals surface area contributed by atoms with Gasteiger partial charge in [0.25, 0.3) is 0 Å². The van der Waals surface area contributed by atoms with E-state index in [1.807, 2.05) is 13.0 Å². The second kappa shape index (κ2) is 8.19.